The van der Waals surface area contributed by atoms with Crippen molar-refractivity contribution in [3.63, 3.8) is 0 Å². The molecular weight excluding hydrogens is 214 g/mol. The molecule has 1 aliphatic rings. The Balaban J connectivity index is 2.09. The second-order valence-corrected chi connectivity index (χ2v) is 4.04. The molecule has 0 spiro atoms. The van der Waals surface area contributed by atoms with Gasteiger partial charge in [-0.3, -0.25) is 0 Å². The minimum atomic E-state index is -0.289. The molecular formula is C14H17NO2. The molecule has 3 nitrogen and oxygen atoms in total. The van der Waals surface area contributed by atoms with Gasteiger partial charge in [0.25, 0.3) is 0 Å². The lowest BCUT2D eigenvalue weighted by Gasteiger charge is -2.17. The molecule has 1 heterocycles. The first kappa shape index (κ1) is 11.9. The number of carbonyl (C=O) groups is 1. The lowest BCUT2D eigenvalue weighted by molar-refractivity contribution is -0.137. The quantitative estimate of drug-likeness (QED) is 0.638. The number of hydrogen-bond donors (Lipinski definition) is 1. The van der Waals surface area contributed by atoms with E-state index in [2.05, 4.69) is 17.4 Å². The fraction of sp³-hybridized carbons (Fsp3) is 0.357. The van der Waals surface area contributed by atoms with Gasteiger partial charge in [-0.15, -0.1) is 0 Å². The van der Waals surface area contributed by atoms with Crippen LogP contribution < -0.4 is 5.32 Å². The fourth-order valence-corrected chi connectivity index (χ4v) is 1.96. The molecule has 2 rings (SSSR count). The molecule has 0 amide bonds. The number of esters is 1. The van der Waals surface area contributed by atoms with Gasteiger partial charge in [-0.1, -0.05) is 18.2 Å². The third kappa shape index (κ3) is 3.17. The molecule has 1 aromatic rings. The Bertz CT molecular complexity index is 438. The molecule has 1 aromatic carbocycles. The second-order valence-electron chi connectivity index (χ2n) is 4.04. The van der Waals surface area contributed by atoms with Crippen LogP contribution in [0, 0.1) is 0 Å². The first-order chi connectivity index (χ1) is 8.29. The summed E-state index contributed by atoms with van der Waals surface area (Å²) >= 11 is 0. The van der Waals surface area contributed by atoms with Crippen molar-refractivity contribution in [3.05, 3.63) is 41.0 Å². The van der Waals surface area contributed by atoms with Gasteiger partial charge in [-0.2, -0.15) is 0 Å². The highest BCUT2D eigenvalue weighted by Crippen LogP contribution is 2.16. The molecule has 1 N–H and O–H groups in total. The average molecular weight is 231 g/mol. The van der Waals surface area contributed by atoms with E-state index in [1.807, 2.05) is 6.07 Å². The Kier molecular flexibility index (Phi) is 3.94. The van der Waals surface area contributed by atoms with E-state index < -0.39 is 0 Å². The van der Waals surface area contributed by atoms with Crippen LogP contribution in [-0.2, 0) is 22.5 Å². The van der Waals surface area contributed by atoms with Crippen LogP contribution >= 0.6 is 0 Å². The van der Waals surface area contributed by atoms with E-state index in [1.54, 1.807) is 13.0 Å². The van der Waals surface area contributed by atoms with Crippen LogP contribution in [0.15, 0.2) is 24.3 Å². The number of rotatable bonds is 3. The smallest absolute Gasteiger partial charge is 0.330 e. The highest BCUT2D eigenvalue weighted by Gasteiger charge is 2.07. The molecule has 0 atom stereocenters. The molecule has 3 heteroatoms. The molecule has 0 radical (unpaired) electrons. The minimum Gasteiger partial charge on any atom is -0.463 e. The average Bonchev–Trinajstić information content (AvgIpc) is 2.36. The summed E-state index contributed by atoms with van der Waals surface area (Å²) in [4.78, 5) is 11.2. The van der Waals surface area contributed by atoms with E-state index >= 15 is 0 Å². The van der Waals surface area contributed by atoms with Gasteiger partial charge >= 0.3 is 5.97 Å². The van der Waals surface area contributed by atoms with Gasteiger partial charge in [-0.25, -0.2) is 4.79 Å². The van der Waals surface area contributed by atoms with Gasteiger partial charge in [0.2, 0.25) is 0 Å². The molecule has 0 saturated heterocycles. The molecule has 0 aromatic heterocycles. The molecule has 90 valence electrons. The third-order valence-electron chi connectivity index (χ3n) is 2.82. The number of hydrogen-bond acceptors (Lipinski definition) is 3. The number of ether oxygens (including phenoxy) is 1. The van der Waals surface area contributed by atoms with Crippen molar-refractivity contribution in [1.82, 2.24) is 5.32 Å². The lowest BCUT2D eigenvalue weighted by Crippen LogP contribution is -2.23. The summed E-state index contributed by atoms with van der Waals surface area (Å²) in [5.41, 5.74) is 3.76. The zero-order valence-corrected chi connectivity index (χ0v) is 10.0. The van der Waals surface area contributed by atoms with Gasteiger partial charge in [0.05, 0.1) is 6.61 Å². The maximum atomic E-state index is 11.2. The Morgan fingerprint density at radius 2 is 2.35 bits per heavy atom. The maximum absolute atomic E-state index is 11.2. The second kappa shape index (κ2) is 5.64. The van der Waals surface area contributed by atoms with Crippen LogP contribution in [0.2, 0.25) is 0 Å². The van der Waals surface area contributed by atoms with Crippen LogP contribution in [0.1, 0.15) is 23.6 Å². The highest BCUT2D eigenvalue weighted by molar-refractivity contribution is 5.87. The molecule has 0 saturated carbocycles. The Morgan fingerprint density at radius 3 is 3.18 bits per heavy atom. The summed E-state index contributed by atoms with van der Waals surface area (Å²) in [7, 11) is 0. The van der Waals surface area contributed by atoms with Crippen molar-refractivity contribution >= 4 is 12.0 Å². The summed E-state index contributed by atoms with van der Waals surface area (Å²) in [5, 5.41) is 3.34. The molecule has 0 unspecified atom stereocenters. The Morgan fingerprint density at radius 1 is 1.47 bits per heavy atom. The number of carbonyl (C=O) groups excluding carboxylic acids is 1. The largest absolute Gasteiger partial charge is 0.463 e. The number of fused-ring (bicyclic) bond motifs is 1. The topological polar surface area (TPSA) is 38.3 Å². The van der Waals surface area contributed by atoms with Gasteiger partial charge in [-0.05, 0) is 42.7 Å². The predicted molar refractivity (Wildman–Crippen MR) is 67.5 cm³/mol. The summed E-state index contributed by atoms with van der Waals surface area (Å²) < 4.78 is 4.84. The van der Waals surface area contributed by atoms with Gasteiger partial charge in [0, 0.05) is 12.6 Å². The summed E-state index contributed by atoms with van der Waals surface area (Å²) in [5.74, 6) is -0.289. The van der Waals surface area contributed by atoms with Gasteiger partial charge in [0.15, 0.2) is 0 Å². The Labute approximate surface area is 101 Å². The molecule has 0 aliphatic carbocycles. The standard InChI is InChI=1S/C14H17NO2/c1-2-17-14(16)6-4-11-3-5-12-7-8-15-10-13(12)9-11/h3-6,9,15H,2,7-8,10H2,1H3. The first-order valence-electron chi connectivity index (χ1n) is 5.97. The summed E-state index contributed by atoms with van der Waals surface area (Å²) in [6, 6.07) is 6.30. The van der Waals surface area contributed by atoms with Crippen LogP contribution in [0.5, 0.6) is 0 Å². The van der Waals surface area contributed by atoms with E-state index in [0.29, 0.717) is 6.61 Å². The van der Waals surface area contributed by atoms with E-state index in [4.69, 9.17) is 4.74 Å². The van der Waals surface area contributed by atoms with Crippen LogP contribution in [0.25, 0.3) is 6.08 Å². The SMILES string of the molecule is CCOC(=O)C=Cc1ccc2c(c1)CNCC2. The minimum absolute atomic E-state index is 0.289. The first-order valence-corrected chi connectivity index (χ1v) is 5.97. The van der Waals surface area contributed by atoms with E-state index in [0.717, 1.165) is 25.1 Å². The maximum Gasteiger partial charge on any atom is 0.330 e. The van der Waals surface area contributed by atoms with Gasteiger partial charge in [0.1, 0.15) is 0 Å². The van der Waals surface area contributed by atoms with E-state index in [9.17, 15) is 4.79 Å². The number of nitrogens with one attached hydrogen (secondary N) is 1. The molecule has 17 heavy (non-hydrogen) atoms. The van der Waals surface area contributed by atoms with Crippen LogP contribution in [-0.4, -0.2) is 19.1 Å². The van der Waals surface area contributed by atoms with Crippen molar-refractivity contribution in [1.29, 1.82) is 0 Å². The monoisotopic (exact) mass is 231 g/mol. The van der Waals surface area contributed by atoms with E-state index in [1.165, 1.54) is 17.2 Å². The van der Waals surface area contributed by atoms with Crippen LogP contribution in [0.4, 0.5) is 0 Å². The van der Waals surface area contributed by atoms with E-state index in [-0.39, 0.29) is 5.97 Å². The normalized spacial score (nSPS) is 14.6. The molecule has 0 fully saturated rings. The van der Waals surface area contributed by atoms with Crippen LogP contribution in [0.3, 0.4) is 0 Å². The van der Waals surface area contributed by atoms with Crippen molar-refractivity contribution in [3.8, 4) is 0 Å². The molecule has 1 aliphatic heterocycles. The Hall–Kier alpha value is -1.61. The molecule has 0 bridgehead atoms. The van der Waals surface area contributed by atoms with Gasteiger partial charge < -0.3 is 10.1 Å². The van der Waals surface area contributed by atoms with Crippen molar-refractivity contribution < 1.29 is 9.53 Å². The van der Waals surface area contributed by atoms with Crippen molar-refractivity contribution in [2.24, 2.45) is 0 Å². The zero-order chi connectivity index (χ0) is 12.1. The predicted octanol–water partition coefficient (Wildman–Crippen LogP) is 1.91. The van der Waals surface area contributed by atoms with Crippen molar-refractivity contribution in [2.45, 2.75) is 19.9 Å². The third-order valence-corrected chi connectivity index (χ3v) is 2.82. The fourth-order valence-electron chi connectivity index (χ4n) is 1.96. The lowest BCUT2D eigenvalue weighted by atomic mass is 9.98. The summed E-state index contributed by atoms with van der Waals surface area (Å²) in [6.45, 7) is 4.18. The number of benzene rings is 1. The summed E-state index contributed by atoms with van der Waals surface area (Å²) in [6.07, 6.45) is 4.35. The van der Waals surface area contributed by atoms with Crippen molar-refractivity contribution in [2.75, 3.05) is 13.2 Å². The highest BCUT2D eigenvalue weighted by atomic mass is 16.5. The zero-order valence-electron chi connectivity index (χ0n) is 10.0.